The largest absolute Gasteiger partial charge is 0.484 e. The Bertz CT molecular complexity index is 714. The molecule has 0 fully saturated rings. The summed E-state index contributed by atoms with van der Waals surface area (Å²) >= 11 is 5.98. The maximum absolute atomic E-state index is 12.0. The summed E-state index contributed by atoms with van der Waals surface area (Å²) in [6.45, 7) is 1.95. The number of hydrogen-bond donors (Lipinski definition) is 1. The molecule has 2 aromatic rings. The molecule has 3 nitrogen and oxygen atoms in total. The van der Waals surface area contributed by atoms with Crippen LogP contribution in [0.4, 0.5) is 0 Å². The average Bonchev–Trinajstić information content (AvgIpc) is 3.00. The molecule has 0 heterocycles. The smallest absolute Gasteiger partial charge is 0.258 e. The van der Waals surface area contributed by atoms with Crippen molar-refractivity contribution >= 4 is 17.5 Å². The van der Waals surface area contributed by atoms with Gasteiger partial charge in [0.05, 0.1) is 6.04 Å². The molecule has 1 N–H and O–H groups in total. The summed E-state index contributed by atoms with van der Waals surface area (Å²) in [5.74, 6) is 0.620. The first-order chi connectivity index (χ1) is 11.1. The third-order valence-electron chi connectivity index (χ3n) is 4.17. The number of fused-ring (bicyclic) bond motifs is 1. The van der Waals surface area contributed by atoms with Gasteiger partial charge in [0, 0.05) is 5.02 Å². The Labute approximate surface area is 141 Å². The Hall–Kier alpha value is -2.00. The molecular weight excluding hydrogens is 310 g/mol. The number of rotatable bonds is 5. The Morgan fingerprint density at radius 3 is 2.87 bits per heavy atom. The summed E-state index contributed by atoms with van der Waals surface area (Å²) in [6, 6.07) is 13.5. The second-order valence-corrected chi connectivity index (χ2v) is 6.35. The van der Waals surface area contributed by atoms with Crippen molar-refractivity contribution in [3.63, 3.8) is 0 Å². The normalized spacial score (nSPS) is 14.2. The van der Waals surface area contributed by atoms with Gasteiger partial charge in [0.1, 0.15) is 5.75 Å². The number of carbonyl (C=O) groups is 1. The molecular formula is C19H20ClNO2. The van der Waals surface area contributed by atoms with Crippen molar-refractivity contribution < 1.29 is 9.53 Å². The summed E-state index contributed by atoms with van der Waals surface area (Å²) in [5, 5.41) is 3.59. The molecule has 0 spiro atoms. The van der Waals surface area contributed by atoms with Crippen LogP contribution in [0.3, 0.4) is 0 Å². The predicted octanol–water partition coefficient (Wildman–Crippen LogP) is 4.08. The van der Waals surface area contributed by atoms with Gasteiger partial charge in [-0.25, -0.2) is 0 Å². The highest BCUT2D eigenvalue weighted by atomic mass is 35.5. The summed E-state index contributed by atoms with van der Waals surface area (Å²) in [5.41, 5.74) is 3.72. The van der Waals surface area contributed by atoms with Crippen molar-refractivity contribution in [1.29, 1.82) is 0 Å². The molecule has 1 amide bonds. The third kappa shape index (κ3) is 4.05. The molecule has 0 saturated heterocycles. The van der Waals surface area contributed by atoms with Crippen molar-refractivity contribution in [2.45, 2.75) is 32.2 Å². The molecule has 0 bridgehead atoms. The summed E-state index contributed by atoms with van der Waals surface area (Å²) in [6.07, 6.45) is 3.45. The summed E-state index contributed by atoms with van der Waals surface area (Å²) in [7, 11) is 0. The van der Waals surface area contributed by atoms with E-state index in [1.54, 1.807) is 0 Å². The van der Waals surface area contributed by atoms with Gasteiger partial charge in [-0.1, -0.05) is 29.8 Å². The molecule has 0 radical (unpaired) electrons. The number of amides is 1. The third-order valence-corrected chi connectivity index (χ3v) is 4.40. The van der Waals surface area contributed by atoms with Crippen LogP contribution in [0.15, 0.2) is 42.5 Å². The molecule has 0 aromatic heterocycles. The molecule has 1 aliphatic rings. The van der Waals surface area contributed by atoms with Gasteiger partial charge in [-0.05, 0) is 67.1 Å². The first kappa shape index (κ1) is 15.9. The van der Waals surface area contributed by atoms with Gasteiger partial charge < -0.3 is 10.1 Å². The van der Waals surface area contributed by atoms with E-state index in [0.29, 0.717) is 5.02 Å². The van der Waals surface area contributed by atoms with Gasteiger partial charge in [-0.15, -0.1) is 0 Å². The standard InChI is InChI=1S/C19H20ClNO2/c1-13(15-5-3-7-17(20)10-15)21-19(22)12-23-18-9-8-14-4-2-6-16(14)11-18/h3,5,7-11,13H,2,4,6,12H2,1H3,(H,21,22). The van der Waals surface area contributed by atoms with E-state index in [4.69, 9.17) is 16.3 Å². The predicted molar refractivity (Wildman–Crippen MR) is 92.0 cm³/mol. The van der Waals surface area contributed by atoms with E-state index < -0.39 is 0 Å². The Balaban J connectivity index is 1.53. The number of hydrogen-bond acceptors (Lipinski definition) is 2. The first-order valence-corrected chi connectivity index (χ1v) is 8.29. The zero-order chi connectivity index (χ0) is 16.2. The van der Waals surface area contributed by atoms with E-state index >= 15 is 0 Å². The molecule has 1 unspecified atom stereocenters. The van der Waals surface area contributed by atoms with Gasteiger partial charge in [0.25, 0.3) is 5.91 Å². The SMILES string of the molecule is CC(NC(=O)COc1ccc2c(c1)CCC2)c1cccc(Cl)c1. The molecule has 23 heavy (non-hydrogen) atoms. The van der Waals surface area contributed by atoms with Crippen LogP contribution in [0.5, 0.6) is 5.75 Å². The van der Waals surface area contributed by atoms with Crippen LogP contribution in [0, 0.1) is 0 Å². The van der Waals surface area contributed by atoms with E-state index in [-0.39, 0.29) is 18.6 Å². The van der Waals surface area contributed by atoms with Gasteiger partial charge in [0.15, 0.2) is 6.61 Å². The fourth-order valence-corrected chi connectivity index (χ4v) is 3.13. The van der Waals surface area contributed by atoms with Gasteiger partial charge in [0.2, 0.25) is 0 Å². The second-order valence-electron chi connectivity index (χ2n) is 5.92. The van der Waals surface area contributed by atoms with Crippen LogP contribution < -0.4 is 10.1 Å². The molecule has 4 heteroatoms. The van der Waals surface area contributed by atoms with E-state index in [1.807, 2.05) is 37.3 Å². The van der Waals surface area contributed by atoms with Crippen LogP contribution in [0.25, 0.3) is 0 Å². The van der Waals surface area contributed by atoms with E-state index in [2.05, 4.69) is 17.4 Å². The van der Waals surface area contributed by atoms with Gasteiger partial charge >= 0.3 is 0 Å². The van der Waals surface area contributed by atoms with Crippen molar-refractivity contribution in [3.8, 4) is 5.75 Å². The fourth-order valence-electron chi connectivity index (χ4n) is 2.93. The first-order valence-electron chi connectivity index (χ1n) is 7.91. The molecule has 3 rings (SSSR count). The minimum absolute atomic E-state index is 0.0176. The van der Waals surface area contributed by atoms with Crippen LogP contribution in [-0.4, -0.2) is 12.5 Å². The number of ether oxygens (including phenoxy) is 1. The number of carbonyl (C=O) groups excluding carboxylic acids is 1. The maximum atomic E-state index is 12.0. The Morgan fingerprint density at radius 1 is 1.22 bits per heavy atom. The lowest BCUT2D eigenvalue weighted by atomic mass is 10.1. The number of nitrogens with one attached hydrogen (secondary N) is 1. The van der Waals surface area contributed by atoms with Gasteiger partial charge in [-0.3, -0.25) is 4.79 Å². The highest BCUT2D eigenvalue weighted by Gasteiger charge is 2.13. The van der Waals surface area contributed by atoms with Crippen LogP contribution in [0.2, 0.25) is 5.02 Å². The summed E-state index contributed by atoms with van der Waals surface area (Å²) in [4.78, 5) is 12.0. The van der Waals surface area contributed by atoms with Crippen LogP contribution in [-0.2, 0) is 17.6 Å². The maximum Gasteiger partial charge on any atom is 0.258 e. The second kappa shape index (κ2) is 7.05. The minimum Gasteiger partial charge on any atom is -0.484 e. The zero-order valence-corrected chi connectivity index (χ0v) is 13.9. The van der Waals surface area contributed by atoms with Crippen LogP contribution in [0.1, 0.15) is 36.1 Å². The highest BCUT2D eigenvalue weighted by Crippen LogP contribution is 2.26. The lowest BCUT2D eigenvalue weighted by Crippen LogP contribution is -2.31. The number of aryl methyl sites for hydroxylation is 2. The Morgan fingerprint density at radius 2 is 2.04 bits per heavy atom. The topological polar surface area (TPSA) is 38.3 Å². The summed E-state index contributed by atoms with van der Waals surface area (Å²) < 4.78 is 5.62. The lowest BCUT2D eigenvalue weighted by Gasteiger charge is -2.15. The number of halogens is 1. The molecule has 1 aliphatic carbocycles. The van der Waals surface area contributed by atoms with Crippen molar-refractivity contribution in [2.24, 2.45) is 0 Å². The van der Waals surface area contributed by atoms with Crippen LogP contribution >= 0.6 is 11.6 Å². The zero-order valence-electron chi connectivity index (χ0n) is 13.1. The minimum atomic E-state index is -0.141. The van der Waals surface area contributed by atoms with E-state index in [0.717, 1.165) is 24.2 Å². The number of benzene rings is 2. The Kier molecular flexibility index (Phi) is 4.87. The van der Waals surface area contributed by atoms with E-state index in [9.17, 15) is 4.79 Å². The van der Waals surface area contributed by atoms with Crippen molar-refractivity contribution in [3.05, 3.63) is 64.2 Å². The molecule has 120 valence electrons. The fraction of sp³-hybridized carbons (Fsp3) is 0.316. The molecule has 0 aliphatic heterocycles. The molecule has 1 atom stereocenters. The highest BCUT2D eigenvalue weighted by molar-refractivity contribution is 6.30. The van der Waals surface area contributed by atoms with Gasteiger partial charge in [-0.2, -0.15) is 0 Å². The molecule has 0 saturated carbocycles. The lowest BCUT2D eigenvalue weighted by molar-refractivity contribution is -0.123. The van der Waals surface area contributed by atoms with Crippen molar-refractivity contribution in [1.82, 2.24) is 5.32 Å². The van der Waals surface area contributed by atoms with E-state index in [1.165, 1.54) is 17.5 Å². The monoisotopic (exact) mass is 329 g/mol. The molecule has 2 aromatic carbocycles. The average molecular weight is 330 g/mol. The quantitative estimate of drug-likeness (QED) is 0.897. The van der Waals surface area contributed by atoms with Crippen molar-refractivity contribution in [2.75, 3.05) is 6.61 Å².